The number of nitrogens with zero attached hydrogens (tertiary/aromatic N) is 3. The summed E-state index contributed by atoms with van der Waals surface area (Å²) in [7, 11) is 0. The van der Waals surface area contributed by atoms with Crippen molar-refractivity contribution in [3.63, 3.8) is 0 Å². The second-order valence-corrected chi connectivity index (χ2v) is 7.79. The van der Waals surface area contributed by atoms with Crippen molar-refractivity contribution in [3.8, 4) is 0 Å². The van der Waals surface area contributed by atoms with Gasteiger partial charge in [0.25, 0.3) is 11.8 Å². The van der Waals surface area contributed by atoms with E-state index < -0.39 is 0 Å². The standard InChI is InChI=1S/C23H20N4O3S/c1-16-7-9-17(10-8-16)14-27-11-3-2-6-20(27)25-21(28)13-18-15-31-23(24-18)26-22(29)19-5-4-12-30-19/h2-12,15H,13-14H2,1H3,(H,24,26,29). The molecule has 1 N–H and O–H groups in total. The van der Waals surface area contributed by atoms with Gasteiger partial charge in [-0.05, 0) is 36.8 Å². The fraction of sp³-hybridized carbons (Fsp3) is 0.130. The van der Waals surface area contributed by atoms with E-state index in [0.29, 0.717) is 22.9 Å². The average Bonchev–Trinajstić information content (AvgIpc) is 3.43. The third-order valence-electron chi connectivity index (χ3n) is 4.48. The number of carbonyl (C=O) groups is 2. The quantitative estimate of drug-likeness (QED) is 0.502. The van der Waals surface area contributed by atoms with Crippen molar-refractivity contribution >= 4 is 28.3 Å². The summed E-state index contributed by atoms with van der Waals surface area (Å²) in [4.78, 5) is 33.1. The van der Waals surface area contributed by atoms with Crippen LogP contribution in [0.2, 0.25) is 0 Å². The summed E-state index contributed by atoms with van der Waals surface area (Å²) >= 11 is 1.25. The lowest BCUT2D eigenvalue weighted by atomic mass is 10.1. The second kappa shape index (κ2) is 9.36. The largest absolute Gasteiger partial charge is 0.459 e. The monoisotopic (exact) mass is 432 g/mol. The Kier molecular flexibility index (Phi) is 6.18. The molecule has 0 aliphatic rings. The molecule has 0 atom stereocenters. The van der Waals surface area contributed by atoms with E-state index in [1.54, 1.807) is 17.5 Å². The van der Waals surface area contributed by atoms with Gasteiger partial charge >= 0.3 is 0 Å². The molecular weight excluding hydrogens is 412 g/mol. The maximum atomic E-state index is 12.5. The molecule has 0 saturated carbocycles. The predicted molar refractivity (Wildman–Crippen MR) is 118 cm³/mol. The van der Waals surface area contributed by atoms with Gasteiger partial charge in [0.2, 0.25) is 0 Å². The van der Waals surface area contributed by atoms with Crippen molar-refractivity contribution in [2.75, 3.05) is 5.32 Å². The smallest absolute Gasteiger partial charge is 0.293 e. The van der Waals surface area contributed by atoms with E-state index in [9.17, 15) is 9.59 Å². The highest BCUT2D eigenvalue weighted by molar-refractivity contribution is 7.14. The molecule has 0 saturated heterocycles. The Balaban J connectivity index is 1.44. The van der Waals surface area contributed by atoms with E-state index in [1.165, 1.54) is 23.2 Å². The number of amides is 2. The lowest BCUT2D eigenvalue weighted by Gasteiger charge is -2.07. The number of rotatable bonds is 6. The first kappa shape index (κ1) is 20.5. The van der Waals surface area contributed by atoms with Gasteiger partial charge in [0.1, 0.15) is 5.49 Å². The van der Waals surface area contributed by atoms with Gasteiger partial charge in [0, 0.05) is 18.1 Å². The molecule has 3 heterocycles. The number of furan rings is 1. The Bertz CT molecular complexity index is 1250. The number of pyridine rings is 1. The van der Waals surface area contributed by atoms with Gasteiger partial charge in [-0.1, -0.05) is 35.9 Å². The summed E-state index contributed by atoms with van der Waals surface area (Å²) in [5, 5.41) is 4.79. The van der Waals surface area contributed by atoms with Gasteiger partial charge in [-0.15, -0.1) is 11.3 Å². The zero-order valence-electron chi connectivity index (χ0n) is 16.8. The Morgan fingerprint density at radius 1 is 1.13 bits per heavy atom. The number of anilines is 1. The van der Waals surface area contributed by atoms with Gasteiger partial charge in [-0.3, -0.25) is 14.9 Å². The van der Waals surface area contributed by atoms with Crippen LogP contribution in [0.1, 0.15) is 27.4 Å². The van der Waals surface area contributed by atoms with Crippen LogP contribution >= 0.6 is 11.3 Å². The van der Waals surface area contributed by atoms with Crippen LogP contribution in [0.15, 0.2) is 81.8 Å². The Morgan fingerprint density at radius 3 is 2.74 bits per heavy atom. The van der Waals surface area contributed by atoms with Crippen molar-refractivity contribution in [2.45, 2.75) is 19.9 Å². The fourth-order valence-electron chi connectivity index (χ4n) is 2.93. The van der Waals surface area contributed by atoms with Gasteiger partial charge in [-0.25, -0.2) is 4.98 Å². The molecule has 156 valence electrons. The fourth-order valence-corrected chi connectivity index (χ4v) is 3.63. The summed E-state index contributed by atoms with van der Waals surface area (Å²) in [5.74, 6) is -0.494. The van der Waals surface area contributed by atoms with Crippen LogP contribution in [0, 0.1) is 6.92 Å². The molecule has 8 heteroatoms. The zero-order valence-corrected chi connectivity index (χ0v) is 17.6. The molecule has 1 aromatic carbocycles. The van der Waals surface area contributed by atoms with Crippen molar-refractivity contribution < 1.29 is 14.0 Å². The first-order chi connectivity index (χ1) is 15.1. The van der Waals surface area contributed by atoms with E-state index in [0.717, 1.165) is 5.56 Å². The summed E-state index contributed by atoms with van der Waals surface area (Å²) < 4.78 is 6.99. The van der Waals surface area contributed by atoms with Crippen molar-refractivity contribution in [3.05, 3.63) is 101 Å². The molecule has 0 bridgehead atoms. The lowest BCUT2D eigenvalue weighted by Crippen LogP contribution is -2.22. The maximum Gasteiger partial charge on any atom is 0.293 e. The van der Waals surface area contributed by atoms with Crippen molar-refractivity contribution in [2.24, 2.45) is 4.99 Å². The molecule has 4 aromatic rings. The van der Waals surface area contributed by atoms with Crippen LogP contribution in [0.4, 0.5) is 5.13 Å². The number of hydrogen-bond acceptors (Lipinski definition) is 5. The molecular formula is C23H20N4O3S. The molecule has 0 aliphatic carbocycles. The highest BCUT2D eigenvalue weighted by Crippen LogP contribution is 2.17. The van der Waals surface area contributed by atoms with Crippen LogP contribution in [0.3, 0.4) is 0 Å². The molecule has 7 nitrogen and oxygen atoms in total. The first-order valence-corrected chi connectivity index (χ1v) is 10.5. The number of carbonyl (C=O) groups excluding carboxylic acids is 2. The first-order valence-electron chi connectivity index (χ1n) is 9.65. The normalized spacial score (nSPS) is 11.5. The summed E-state index contributed by atoms with van der Waals surface area (Å²) in [5.41, 5.74) is 3.45. The van der Waals surface area contributed by atoms with E-state index in [-0.39, 0.29) is 24.0 Å². The third kappa shape index (κ3) is 5.43. The summed E-state index contributed by atoms with van der Waals surface area (Å²) in [6.07, 6.45) is 3.38. The number of hydrogen-bond donors (Lipinski definition) is 1. The van der Waals surface area contributed by atoms with E-state index in [1.807, 2.05) is 35.9 Å². The molecule has 0 fully saturated rings. The van der Waals surface area contributed by atoms with Crippen LogP contribution in [0.5, 0.6) is 0 Å². The molecule has 4 rings (SSSR count). The highest BCUT2D eigenvalue weighted by Gasteiger charge is 2.12. The average molecular weight is 433 g/mol. The zero-order chi connectivity index (χ0) is 21.6. The van der Waals surface area contributed by atoms with Crippen LogP contribution in [0.25, 0.3) is 0 Å². The number of benzene rings is 1. The summed E-state index contributed by atoms with van der Waals surface area (Å²) in [6.45, 7) is 2.66. The second-order valence-electron chi connectivity index (χ2n) is 6.93. The van der Waals surface area contributed by atoms with Gasteiger partial charge < -0.3 is 8.98 Å². The predicted octanol–water partition coefficient (Wildman–Crippen LogP) is 3.82. The lowest BCUT2D eigenvalue weighted by molar-refractivity contribution is -0.117. The topological polar surface area (TPSA) is 89.5 Å². The minimum absolute atomic E-state index is 0.0482. The molecule has 0 unspecified atom stereocenters. The SMILES string of the molecule is Cc1ccc(Cn2ccccc2=NC(=O)Cc2csc(NC(=O)c3ccco3)n2)cc1. The molecule has 3 aromatic heterocycles. The van der Waals surface area contributed by atoms with Gasteiger partial charge in [0.15, 0.2) is 10.9 Å². The van der Waals surface area contributed by atoms with Gasteiger partial charge in [0.05, 0.1) is 18.4 Å². The molecule has 31 heavy (non-hydrogen) atoms. The molecule has 0 spiro atoms. The van der Waals surface area contributed by atoms with Crippen molar-refractivity contribution in [1.82, 2.24) is 9.55 Å². The van der Waals surface area contributed by atoms with E-state index >= 15 is 0 Å². The minimum atomic E-state index is -0.386. The number of aryl methyl sites for hydroxylation is 1. The molecule has 2 amide bonds. The Labute approximate surface area is 182 Å². The number of thiazole rings is 1. The highest BCUT2D eigenvalue weighted by atomic mass is 32.1. The van der Waals surface area contributed by atoms with Crippen molar-refractivity contribution in [1.29, 1.82) is 0 Å². The minimum Gasteiger partial charge on any atom is -0.459 e. The molecule has 0 aliphatic heterocycles. The van der Waals surface area contributed by atoms with Gasteiger partial charge in [-0.2, -0.15) is 4.99 Å². The van der Waals surface area contributed by atoms with Crippen LogP contribution in [-0.2, 0) is 17.8 Å². The molecule has 0 radical (unpaired) electrons. The Hall–Kier alpha value is -3.78. The van der Waals surface area contributed by atoms with Crippen LogP contribution < -0.4 is 10.8 Å². The maximum absolute atomic E-state index is 12.5. The van der Waals surface area contributed by atoms with E-state index in [4.69, 9.17) is 4.42 Å². The van der Waals surface area contributed by atoms with Crippen LogP contribution in [-0.4, -0.2) is 21.4 Å². The third-order valence-corrected chi connectivity index (χ3v) is 5.29. The number of nitrogens with one attached hydrogen (secondary N) is 1. The number of aromatic nitrogens is 2. The summed E-state index contributed by atoms with van der Waals surface area (Å²) in [6, 6.07) is 17.0. The Morgan fingerprint density at radius 2 is 1.97 bits per heavy atom. The van der Waals surface area contributed by atoms with E-state index in [2.05, 4.69) is 39.6 Å².